The Morgan fingerprint density at radius 3 is 1.97 bits per heavy atom. The Morgan fingerprint density at radius 1 is 0.862 bits per heavy atom. The summed E-state index contributed by atoms with van der Waals surface area (Å²) in [5.74, 6) is 0. The molecule has 1 fully saturated rings. The summed E-state index contributed by atoms with van der Waals surface area (Å²) < 4.78 is 10.7. The molecular formula is C24H46O5. The number of allylic oxidation sites excluding steroid dienone is 2. The molecule has 4 atom stereocenters. The van der Waals surface area contributed by atoms with Gasteiger partial charge in [-0.3, -0.25) is 0 Å². The smallest absolute Gasteiger partial charge is 0.114 e. The molecule has 0 amide bonds. The quantitative estimate of drug-likeness (QED) is 0.214. The number of aliphatic hydroxyl groups is 3. The first-order chi connectivity index (χ1) is 14.2. The summed E-state index contributed by atoms with van der Waals surface area (Å²) in [4.78, 5) is 0. The molecule has 172 valence electrons. The van der Waals surface area contributed by atoms with E-state index in [-0.39, 0.29) is 13.2 Å². The molecule has 3 N–H and O–H groups in total. The van der Waals surface area contributed by atoms with E-state index in [2.05, 4.69) is 19.1 Å². The molecule has 1 rings (SSSR count). The second kappa shape index (κ2) is 18.3. The Bertz CT molecular complexity index is 387. The summed E-state index contributed by atoms with van der Waals surface area (Å²) in [5, 5.41) is 29.0. The minimum Gasteiger partial charge on any atom is -0.388 e. The Hall–Kier alpha value is -0.460. The number of hydrogen-bond donors (Lipinski definition) is 3. The van der Waals surface area contributed by atoms with Gasteiger partial charge in [0.05, 0.1) is 13.2 Å². The van der Waals surface area contributed by atoms with Crippen molar-refractivity contribution in [3.05, 3.63) is 12.2 Å². The standard InChI is InChI=1S/C24H46O5/c1-2-3-4-5-6-7-8-9-10-11-12-13-14-15-16-17-18-28-19-22(26)24-23(27)21(25)20-29-24/h12-13,21-27H,2-11,14-20H2,1H3/b13-12+/t21-,22+,23+,24+/m0/s1. The molecule has 0 aromatic carbocycles. The molecule has 5 nitrogen and oxygen atoms in total. The fourth-order valence-corrected chi connectivity index (χ4v) is 3.72. The van der Waals surface area contributed by atoms with Gasteiger partial charge in [0.25, 0.3) is 0 Å². The summed E-state index contributed by atoms with van der Waals surface area (Å²) in [6.07, 6.45) is 19.1. The van der Waals surface area contributed by atoms with Gasteiger partial charge >= 0.3 is 0 Å². The summed E-state index contributed by atoms with van der Waals surface area (Å²) in [5.41, 5.74) is 0. The molecule has 0 saturated carbocycles. The Morgan fingerprint density at radius 2 is 1.41 bits per heavy atom. The lowest BCUT2D eigenvalue weighted by Crippen LogP contribution is -2.40. The highest BCUT2D eigenvalue weighted by Crippen LogP contribution is 2.18. The van der Waals surface area contributed by atoms with Crippen LogP contribution in [0, 0.1) is 0 Å². The highest BCUT2D eigenvalue weighted by atomic mass is 16.5. The van der Waals surface area contributed by atoms with E-state index in [1.54, 1.807) is 0 Å². The average Bonchev–Trinajstić information content (AvgIpc) is 3.05. The fourth-order valence-electron chi connectivity index (χ4n) is 3.72. The monoisotopic (exact) mass is 414 g/mol. The van der Waals surface area contributed by atoms with E-state index in [0.29, 0.717) is 6.61 Å². The van der Waals surface area contributed by atoms with Crippen molar-refractivity contribution in [3.63, 3.8) is 0 Å². The van der Waals surface area contributed by atoms with E-state index in [0.717, 1.165) is 25.7 Å². The van der Waals surface area contributed by atoms with Crippen molar-refractivity contribution in [2.75, 3.05) is 19.8 Å². The third-order valence-corrected chi connectivity index (χ3v) is 5.66. The average molecular weight is 415 g/mol. The molecule has 0 bridgehead atoms. The third-order valence-electron chi connectivity index (χ3n) is 5.66. The second-order valence-corrected chi connectivity index (χ2v) is 8.44. The maximum Gasteiger partial charge on any atom is 0.114 e. The highest BCUT2D eigenvalue weighted by Gasteiger charge is 2.39. The summed E-state index contributed by atoms with van der Waals surface area (Å²) in [6, 6.07) is 0. The predicted molar refractivity (Wildman–Crippen MR) is 118 cm³/mol. The lowest BCUT2D eigenvalue weighted by Gasteiger charge is -2.20. The number of hydrogen-bond acceptors (Lipinski definition) is 5. The zero-order chi connectivity index (χ0) is 21.2. The van der Waals surface area contributed by atoms with Crippen molar-refractivity contribution in [2.45, 2.75) is 121 Å². The molecule has 0 aliphatic carbocycles. The lowest BCUT2D eigenvalue weighted by atomic mass is 10.1. The van der Waals surface area contributed by atoms with Gasteiger partial charge in [0.1, 0.15) is 24.4 Å². The molecule has 29 heavy (non-hydrogen) atoms. The zero-order valence-electron chi connectivity index (χ0n) is 18.6. The summed E-state index contributed by atoms with van der Waals surface area (Å²) in [7, 11) is 0. The van der Waals surface area contributed by atoms with Crippen LogP contribution in [-0.4, -0.2) is 59.6 Å². The highest BCUT2D eigenvalue weighted by molar-refractivity contribution is 4.87. The molecular weight excluding hydrogens is 368 g/mol. The van der Waals surface area contributed by atoms with Gasteiger partial charge in [0.15, 0.2) is 0 Å². The Labute approximate surface area is 178 Å². The molecule has 0 aromatic heterocycles. The van der Waals surface area contributed by atoms with Crippen LogP contribution in [0.25, 0.3) is 0 Å². The van der Waals surface area contributed by atoms with Gasteiger partial charge in [0.2, 0.25) is 0 Å². The van der Waals surface area contributed by atoms with Crippen LogP contribution in [0.5, 0.6) is 0 Å². The zero-order valence-corrected chi connectivity index (χ0v) is 18.6. The van der Waals surface area contributed by atoms with Gasteiger partial charge in [-0.05, 0) is 32.1 Å². The topological polar surface area (TPSA) is 79.2 Å². The van der Waals surface area contributed by atoms with Crippen molar-refractivity contribution in [1.29, 1.82) is 0 Å². The van der Waals surface area contributed by atoms with Crippen molar-refractivity contribution in [3.8, 4) is 0 Å². The molecule has 0 unspecified atom stereocenters. The first-order valence-corrected chi connectivity index (χ1v) is 12.0. The second-order valence-electron chi connectivity index (χ2n) is 8.44. The van der Waals surface area contributed by atoms with Gasteiger partial charge in [-0.15, -0.1) is 0 Å². The first kappa shape index (κ1) is 26.6. The lowest BCUT2D eigenvalue weighted by molar-refractivity contribution is -0.0813. The van der Waals surface area contributed by atoms with E-state index in [1.807, 2.05) is 0 Å². The fraction of sp³-hybridized carbons (Fsp3) is 0.917. The molecule has 1 aliphatic heterocycles. The molecule has 0 radical (unpaired) electrons. The van der Waals surface area contributed by atoms with Gasteiger partial charge < -0.3 is 24.8 Å². The molecule has 1 heterocycles. The summed E-state index contributed by atoms with van der Waals surface area (Å²) in [6.45, 7) is 3.07. The SMILES string of the molecule is CCCCCCCCCCC/C=C/CCCCCOC[C@@H](O)[C@H]1OC[C@H](O)[C@H]1O. The third kappa shape index (κ3) is 13.5. The summed E-state index contributed by atoms with van der Waals surface area (Å²) >= 11 is 0. The van der Waals surface area contributed by atoms with Gasteiger partial charge in [-0.2, -0.15) is 0 Å². The normalized spacial score (nSPS) is 23.2. The van der Waals surface area contributed by atoms with Crippen molar-refractivity contribution in [2.24, 2.45) is 0 Å². The van der Waals surface area contributed by atoms with Crippen LogP contribution >= 0.6 is 0 Å². The van der Waals surface area contributed by atoms with E-state index >= 15 is 0 Å². The van der Waals surface area contributed by atoms with Crippen LogP contribution in [0.3, 0.4) is 0 Å². The van der Waals surface area contributed by atoms with E-state index in [1.165, 1.54) is 64.2 Å². The van der Waals surface area contributed by atoms with Crippen molar-refractivity contribution >= 4 is 0 Å². The van der Waals surface area contributed by atoms with E-state index in [9.17, 15) is 15.3 Å². The minimum absolute atomic E-state index is 0.0650. The molecule has 5 heteroatoms. The van der Waals surface area contributed by atoms with E-state index < -0.39 is 24.4 Å². The number of rotatable bonds is 19. The minimum atomic E-state index is -1.03. The maximum absolute atomic E-state index is 9.94. The van der Waals surface area contributed by atoms with Crippen LogP contribution in [0.4, 0.5) is 0 Å². The van der Waals surface area contributed by atoms with Gasteiger partial charge in [-0.1, -0.05) is 76.9 Å². The van der Waals surface area contributed by atoms with Gasteiger partial charge in [0, 0.05) is 6.61 Å². The molecule has 1 saturated heterocycles. The van der Waals surface area contributed by atoms with Gasteiger partial charge in [-0.25, -0.2) is 0 Å². The molecule has 0 aromatic rings. The Balaban J connectivity index is 1.79. The largest absolute Gasteiger partial charge is 0.388 e. The van der Waals surface area contributed by atoms with Crippen molar-refractivity contribution in [1.82, 2.24) is 0 Å². The van der Waals surface area contributed by atoms with E-state index in [4.69, 9.17) is 9.47 Å². The Kier molecular flexibility index (Phi) is 16.8. The van der Waals surface area contributed by atoms with Crippen LogP contribution < -0.4 is 0 Å². The first-order valence-electron chi connectivity index (χ1n) is 12.0. The maximum atomic E-state index is 9.94. The van der Waals surface area contributed by atoms with Crippen LogP contribution in [-0.2, 0) is 9.47 Å². The van der Waals surface area contributed by atoms with Crippen LogP contribution in [0.1, 0.15) is 96.8 Å². The number of unbranched alkanes of at least 4 members (excludes halogenated alkanes) is 12. The number of aliphatic hydroxyl groups excluding tert-OH is 3. The van der Waals surface area contributed by atoms with Crippen molar-refractivity contribution < 1.29 is 24.8 Å². The number of ether oxygens (including phenoxy) is 2. The molecule has 0 spiro atoms. The van der Waals surface area contributed by atoms with Crippen LogP contribution in [0.2, 0.25) is 0 Å². The predicted octanol–water partition coefficient (Wildman–Crippen LogP) is 4.52. The molecule has 1 aliphatic rings. The van der Waals surface area contributed by atoms with Crippen LogP contribution in [0.15, 0.2) is 12.2 Å².